The van der Waals surface area contributed by atoms with Gasteiger partial charge in [-0.1, -0.05) is 70.9 Å². The lowest BCUT2D eigenvalue weighted by molar-refractivity contribution is 0.497. The summed E-state index contributed by atoms with van der Waals surface area (Å²) in [5.74, 6) is 0. The Hall–Kier alpha value is -1.12. The number of halogens is 1. The first-order chi connectivity index (χ1) is 10.2. The molecule has 1 atom stereocenters. The number of nitrogens with one attached hydrogen (secondary N) is 1. The van der Waals surface area contributed by atoms with E-state index in [-0.39, 0.29) is 0 Å². The van der Waals surface area contributed by atoms with Gasteiger partial charge in [-0.15, -0.1) is 0 Å². The summed E-state index contributed by atoms with van der Waals surface area (Å²) in [5.41, 5.74) is 4.10. The molecule has 0 spiro atoms. The van der Waals surface area contributed by atoms with Crippen molar-refractivity contribution < 1.29 is 0 Å². The van der Waals surface area contributed by atoms with Crippen molar-refractivity contribution in [3.8, 4) is 0 Å². The van der Waals surface area contributed by atoms with Crippen LogP contribution in [0.3, 0.4) is 0 Å². The van der Waals surface area contributed by atoms with Crippen LogP contribution in [0, 0.1) is 6.92 Å². The molecule has 0 fully saturated rings. The van der Waals surface area contributed by atoms with Crippen molar-refractivity contribution >= 4 is 15.9 Å². The monoisotopic (exact) mass is 345 g/mol. The Balaban J connectivity index is 2.12. The molecule has 1 N–H and O–H groups in total. The molecular weight excluding hydrogens is 322 g/mol. The smallest absolute Gasteiger partial charge is 0.0334 e. The normalized spacial score (nSPS) is 12.3. The van der Waals surface area contributed by atoms with Crippen molar-refractivity contribution in [2.75, 3.05) is 6.54 Å². The highest BCUT2D eigenvalue weighted by atomic mass is 79.9. The summed E-state index contributed by atoms with van der Waals surface area (Å²) in [7, 11) is 0. The summed E-state index contributed by atoms with van der Waals surface area (Å²) in [5, 5.41) is 3.69. The van der Waals surface area contributed by atoms with Gasteiger partial charge >= 0.3 is 0 Å². The number of hydrogen-bond donors (Lipinski definition) is 1. The molecule has 0 aromatic heterocycles. The van der Waals surface area contributed by atoms with Crippen LogP contribution in [0.5, 0.6) is 0 Å². The predicted octanol–water partition coefficient (Wildman–Crippen LogP) is 5.43. The van der Waals surface area contributed by atoms with Crippen LogP contribution in [0.4, 0.5) is 0 Å². The number of benzene rings is 2. The van der Waals surface area contributed by atoms with Crippen molar-refractivity contribution in [2.45, 2.75) is 39.2 Å². The van der Waals surface area contributed by atoms with E-state index < -0.39 is 0 Å². The molecule has 2 rings (SSSR count). The van der Waals surface area contributed by atoms with Gasteiger partial charge in [0.25, 0.3) is 0 Å². The largest absolute Gasteiger partial charge is 0.310 e. The third-order valence-corrected chi connectivity index (χ3v) is 4.45. The molecule has 1 unspecified atom stereocenters. The minimum Gasteiger partial charge on any atom is -0.310 e. The lowest BCUT2D eigenvalue weighted by atomic mass is 9.97. The van der Waals surface area contributed by atoms with E-state index in [1.54, 1.807) is 0 Å². The Morgan fingerprint density at radius 2 is 1.86 bits per heavy atom. The fourth-order valence-corrected chi connectivity index (χ4v) is 3.09. The fourth-order valence-electron chi connectivity index (χ4n) is 2.57. The maximum atomic E-state index is 3.71. The highest BCUT2D eigenvalue weighted by molar-refractivity contribution is 9.10. The Morgan fingerprint density at radius 3 is 2.57 bits per heavy atom. The van der Waals surface area contributed by atoms with Crippen molar-refractivity contribution in [2.24, 2.45) is 0 Å². The van der Waals surface area contributed by atoms with Gasteiger partial charge in [-0.25, -0.2) is 0 Å². The standard InChI is InChI=1S/C19H24BrN/c1-3-13-21-19(12-10-16-7-5-4-6-8-16)17-14-15(2)9-11-18(17)20/h4-9,11,14,19,21H,3,10,12-13H2,1-2H3. The third kappa shape index (κ3) is 4.98. The molecular formula is C19H24BrN. The van der Waals surface area contributed by atoms with Crippen molar-refractivity contribution in [1.29, 1.82) is 0 Å². The van der Waals surface area contributed by atoms with Crippen LogP contribution in [0.25, 0.3) is 0 Å². The molecule has 2 aromatic rings. The molecule has 0 aliphatic carbocycles. The summed E-state index contributed by atoms with van der Waals surface area (Å²) in [6, 6.07) is 17.7. The lowest BCUT2D eigenvalue weighted by Gasteiger charge is -2.21. The summed E-state index contributed by atoms with van der Waals surface area (Å²) >= 11 is 3.71. The summed E-state index contributed by atoms with van der Waals surface area (Å²) in [6.45, 7) is 5.43. The van der Waals surface area contributed by atoms with Crippen molar-refractivity contribution in [3.05, 3.63) is 69.7 Å². The van der Waals surface area contributed by atoms with E-state index in [1.807, 2.05) is 0 Å². The summed E-state index contributed by atoms with van der Waals surface area (Å²) in [4.78, 5) is 0. The zero-order valence-corrected chi connectivity index (χ0v) is 14.5. The van der Waals surface area contributed by atoms with Gasteiger partial charge in [0, 0.05) is 10.5 Å². The topological polar surface area (TPSA) is 12.0 Å². The van der Waals surface area contributed by atoms with E-state index in [0.717, 1.165) is 25.8 Å². The van der Waals surface area contributed by atoms with E-state index in [1.165, 1.54) is 21.2 Å². The summed E-state index contributed by atoms with van der Waals surface area (Å²) in [6.07, 6.45) is 3.37. The van der Waals surface area contributed by atoms with Crippen LogP contribution in [0.2, 0.25) is 0 Å². The predicted molar refractivity (Wildman–Crippen MR) is 94.7 cm³/mol. The van der Waals surface area contributed by atoms with Gasteiger partial charge in [0.2, 0.25) is 0 Å². The molecule has 0 aliphatic rings. The lowest BCUT2D eigenvalue weighted by Crippen LogP contribution is -2.23. The van der Waals surface area contributed by atoms with Crippen LogP contribution in [-0.4, -0.2) is 6.54 Å². The number of rotatable bonds is 7. The van der Waals surface area contributed by atoms with E-state index in [4.69, 9.17) is 0 Å². The van der Waals surface area contributed by atoms with Crippen LogP contribution in [-0.2, 0) is 6.42 Å². The van der Waals surface area contributed by atoms with E-state index >= 15 is 0 Å². The van der Waals surface area contributed by atoms with E-state index in [0.29, 0.717) is 6.04 Å². The van der Waals surface area contributed by atoms with Gasteiger partial charge in [0.1, 0.15) is 0 Å². The second-order valence-corrected chi connectivity index (χ2v) is 6.41. The molecule has 21 heavy (non-hydrogen) atoms. The van der Waals surface area contributed by atoms with Gasteiger partial charge in [0.05, 0.1) is 0 Å². The number of aryl methyl sites for hydroxylation is 2. The zero-order valence-electron chi connectivity index (χ0n) is 12.9. The van der Waals surface area contributed by atoms with Crippen molar-refractivity contribution in [3.63, 3.8) is 0 Å². The fraction of sp³-hybridized carbons (Fsp3) is 0.368. The molecule has 2 heteroatoms. The maximum Gasteiger partial charge on any atom is 0.0334 e. The van der Waals surface area contributed by atoms with Gasteiger partial charge in [-0.2, -0.15) is 0 Å². The molecule has 1 nitrogen and oxygen atoms in total. The minimum atomic E-state index is 0.402. The molecule has 0 aliphatic heterocycles. The SMILES string of the molecule is CCCNC(CCc1ccccc1)c1cc(C)ccc1Br. The molecule has 0 heterocycles. The summed E-state index contributed by atoms with van der Waals surface area (Å²) < 4.78 is 1.20. The van der Waals surface area contributed by atoms with Gasteiger partial charge in [-0.3, -0.25) is 0 Å². The van der Waals surface area contributed by atoms with Crippen LogP contribution in [0.15, 0.2) is 53.0 Å². The molecule has 112 valence electrons. The quantitative estimate of drug-likeness (QED) is 0.705. The Morgan fingerprint density at radius 1 is 1.10 bits per heavy atom. The Bertz CT molecular complexity index is 551. The van der Waals surface area contributed by atoms with E-state index in [2.05, 4.69) is 83.6 Å². The second kappa shape index (κ2) is 8.35. The molecule has 0 amide bonds. The van der Waals surface area contributed by atoms with Crippen LogP contribution < -0.4 is 5.32 Å². The zero-order chi connectivity index (χ0) is 15.1. The average Bonchev–Trinajstić information content (AvgIpc) is 2.51. The first-order valence-electron chi connectivity index (χ1n) is 7.74. The van der Waals surface area contributed by atoms with Gasteiger partial charge < -0.3 is 5.32 Å². The molecule has 2 aromatic carbocycles. The third-order valence-electron chi connectivity index (χ3n) is 3.73. The Kier molecular flexibility index (Phi) is 6.47. The second-order valence-electron chi connectivity index (χ2n) is 5.56. The van der Waals surface area contributed by atoms with Crippen LogP contribution in [0.1, 0.15) is 42.5 Å². The first kappa shape index (κ1) is 16.3. The van der Waals surface area contributed by atoms with E-state index in [9.17, 15) is 0 Å². The molecule has 0 bridgehead atoms. The molecule has 0 saturated heterocycles. The molecule has 0 radical (unpaired) electrons. The maximum absolute atomic E-state index is 3.71. The molecule has 0 saturated carbocycles. The minimum absolute atomic E-state index is 0.402. The highest BCUT2D eigenvalue weighted by Crippen LogP contribution is 2.28. The first-order valence-corrected chi connectivity index (χ1v) is 8.53. The van der Waals surface area contributed by atoms with Gasteiger partial charge in [-0.05, 0) is 49.9 Å². The highest BCUT2D eigenvalue weighted by Gasteiger charge is 2.14. The number of hydrogen-bond acceptors (Lipinski definition) is 1. The van der Waals surface area contributed by atoms with Crippen molar-refractivity contribution in [1.82, 2.24) is 5.32 Å². The van der Waals surface area contributed by atoms with Gasteiger partial charge in [0.15, 0.2) is 0 Å². The van der Waals surface area contributed by atoms with Crippen LogP contribution >= 0.6 is 15.9 Å². The Labute approximate surface area is 136 Å². The average molecular weight is 346 g/mol.